The predicted molar refractivity (Wildman–Crippen MR) is 71.0 cm³/mol. The zero-order chi connectivity index (χ0) is 12.4. The van der Waals surface area contributed by atoms with Gasteiger partial charge in [0.1, 0.15) is 0 Å². The van der Waals surface area contributed by atoms with Crippen LogP contribution in [0.1, 0.15) is 53.9 Å². The Kier molecular flexibility index (Phi) is 3.52. The first-order valence-corrected chi connectivity index (χ1v) is 6.61. The van der Waals surface area contributed by atoms with Crippen molar-refractivity contribution in [2.45, 2.75) is 52.4 Å². The molecule has 1 saturated carbocycles. The fourth-order valence-electron chi connectivity index (χ4n) is 3.38. The van der Waals surface area contributed by atoms with Crippen molar-refractivity contribution in [1.82, 2.24) is 0 Å². The zero-order valence-electron chi connectivity index (χ0n) is 11.1. The summed E-state index contributed by atoms with van der Waals surface area (Å²) < 4.78 is 0. The van der Waals surface area contributed by atoms with Gasteiger partial charge in [0.15, 0.2) is 0 Å². The van der Waals surface area contributed by atoms with Gasteiger partial charge in [-0.15, -0.1) is 0 Å². The van der Waals surface area contributed by atoms with Gasteiger partial charge in [0.25, 0.3) is 0 Å². The number of hydrogen-bond acceptors (Lipinski definition) is 1. The quantitative estimate of drug-likeness (QED) is 0.734. The third-order valence-corrected chi connectivity index (χ3v) is 4.06. The van der Waals surface area contributed by atoms with Crippen LogP contribution in [0.2, 0.25) is 0 Å². The molecule has 0 heterocycles. The Bertz CT molecular complexity index is 424. The van der Waals surface area contributed by atoms with Crippen LogP contribution < -0.4 is 0 Å². The number of nitriles is 1. The molecule has 1 fully saturated rings. The van der Waals surface area contributed by atoms with Gasteiger partial charge >= 0.3 is 0 Å². The highest BCUT2D eigenvalue weighted by Gasteiger charge is 2.28. The molecule has 1 atom stereocenters. The molecule has 1 aliphatic rings. The maximum atomic E-state index is 9.51. The van der Waals surface area contributed by atoms with Gasteiger partial charge in [-0.3, -0.25) is 0 Å². The SMILES string of the molecule is Cc1cc(C)c([C@@H](C#N)C2CCCC2)c(C)c1. The fourth-order valence-corrected chi connectivity index (χ4v) is 3.38. The highest BCUT2D eigenvalue weighted by atomic mass is 14.4. The molecule has 1 aliphatic carbocycles. The molecule has 0 N–H and O–H groups in total. The molecule has 0 saturated heterocycles. The topological polar surface area (TPSA) is 23.8 Å². The predicted octanol–water partition coefficient (Wildman–Crippen LogP) is 4.41. The molecule has 0 aliphatic heterocycles. The van der Waals surface area contributed by atoms with E-state index in [9.17, 15) is 5.26 Å². The number of benzene rings is 1. The molecule has 2 rings (SSSR count). The highest BCUT2D eigenvalue weighted by molar-refractivity contribution is 5.42. The smallest absolute Gasteiger partial charge is 0.0746 e. The Morgan fingerprint density at radius 3 is 2.12 bits per heavy atom. The van der Waals surface area contributed by atoms with Crippen molar-refractivity contribution in [3.63, 3.8) is 0 Å². The van der Waals surface area contributed by atoms with E-state index >= 15 is 0 Å². The summed E-state index contributed by atoms with van der Waals surface area (Å²) in [4.78, 5) is 0. The van der Waals surface area contributed by atoms with Gasteiger partial charge in [0.2, 0.25) is 0 Å². The minimum Gasteiger partial charge on any atom is -0.198 e. The van der Waals surface area contributed by atoms with Crippen molar-refractivity contribution in [1.29, 1.82) is 5.26 Å². The maximum absolute atomic E-state index is 9.51. The van der Waals surface area contributed by atoms with Crippen LogP contribution in [0.4, 0.5) is 0 Å². The van der Waals surface area contributed by atoms with Crippen LogP contribution in [-0.4, -0.2) is 0 Å². The average Bonchev–Trinajstić information content (AvgIpc) is 2.76. The summed E-state index contributed by atoms with van der Waals surface area (Å²) >= 11 is 0. The minimum absolute atomic E-state index is 0.109. The van der Waals surface area contributed by atoms with Gasteiger partial charge in [0, 0.05) is 0 Å². The van der Waals surface area contributed by atoms with Crippen LogP contribution in [-0.2, 0) is 0 Å². The van der Waals surface area contributed by atoms with E-state index in [-0.39, 0.29) is 5.92 Å². The molecule has 1 aromatic carbocycles. The van der Waals surface area contributed by atoms with Crippen molar-refractivity contribution in [2.24, 2.45) is 5.92 Å². The van der Waals surface area contributed by atoms with Crippen LogP contribution in [0.5, 0.6) is 0 Å². The van der Waals surface area contributed by atoms with Gasteiger partial charge in [-0.1, -0.05) is 30.5 Å². The Morgan fingerprint density at radius 2 is 1.65 bits per heavy atom. The second kappa shape index (κ2) is 4.92. The molecular weight excluding hydrogens is 206 g/mol. The lowest BCUT2D eigenvalue weighted by Gasteiger charge is -2.21. The first-order valence-electron chi connectivity index (χ1n) is 6.61. The Morgan fingerprint density at radius 1 is 1.12 bits per heavy atom. The van der Waals surface area contributed by atoms with E-state index in [1.807, 2.05) is 0 Å². The van der Waals surface area contributed by atoms with E-state index in [1.165, 1.54) is 47.9 Å². The molecule has 0 bridgehead atoms. The molecule has 1 aromatic rings. The first kappa shape index (κ1) is 12.2. The lowest BCUT2D eigenvalue weighted by atomic mass is 9.81. The second-order valence-corrected chi connectivity index (χ2v) is 5.46. The lowest BCUT2D eigenvalue weighted by Crippen LogP contribution is -2.11. The van der Waals surface area contributed by atoms with Crippen molar-refractivity contribution >= 4 is 0 Å². The number of nitrogens with zero attached hydrogens (tertiary/aromatic N) is 1. The third-order valence-electron chi connectivity index (χ3n) is 4.06. The largest absolute Gasteiger partial charge is 0.198 e. The average molecular weight is 227 g/mol. The fraction of sp³-hybridized carbons (Fsp3) is 0.562. The van der Waals surface area contributed by atoms with Gasteiger partial charge in [-0.05, 0) is 56.2 Å². The molecule has 1 nitrogen and oxygen atoms in total. The summed E-state index contributed by atoms with van der Waals surface area (Å²) in [6, 6.07) is 6.98. The van der Waals surface area contributed by atoms with E-state index < -0.39 is 0 Å². The molecule has 0 unspecified atom stereocenters. The third kappa shape index (κ3) is 2.36. The van der Waals surface area contributed by atoms with Crippen LogP contribution in [0.15, 0.2) is 12.1 Å². The molecular formula is C16H21N. The molecule has 0 aromatic heterocycles. The van der Waals surface area contributed by atoms with Gasteiger partial charge in [-0.2, -0.15) is 5.26 Å². The number of aryl methyl sites for hydroxylation is 3. The summed E-state index contributed by atoms with van der Waals surface area (Å²) in [6.07, 6.45) is 5.05. The monoisotopic (exact) mass is 227 g/mol. The van der Waals surface area contributed by atoms with Crippen molar-refractivity contribution < 1.29 is 0 Å². The van der Waals surface area contributed by atoms with Gasteiger partial charge < -0.3 is 0 Å². The van der Waals surface area contributed by atoms with Crippen molar-refractivity contribution in [2.75, 3.05) is 0 Å². The molecule has 0 radical (unpaired) electrons. The highest BCUT2D eigenvalue weighted by Crippen LogP contribution is 2.39. The Labute approximate surface area is 104 Å². The van der Waals surface area contributed by atoms with Crippen LogP contribution in [0.3, 0.4) is 0 Å². The van der Waals surface area contributed by atoms with E-state index in [2.05, 4.69) is 39.0 Å². The van der Waals surface area contributed by atoms with Gasteiger partial charge in [-0.25, -0.2) is 0 Å². The van der Waals surface area contributed by atoms with Crippen LogP contribution in [0.25, 0.3) is 0 Å². The Balaban J connectivity index is 2.40. The lowest BCUT2D eigenvalue weighted by molar-refractivity contribution is 0.498. The normalized spacial score (nSPS) is 18.0. The maximum Gasteiger partial charge on any atom is 0.0746 e. The van der Waals surface area contributed by atoms with Crippen molar-refractivity contribution in [3.05, 3.63) is 34.4 Å². The van der Waals surface area contributed by atoms with E-state index in [0.717, 1.165) is 0 Å². The molecule has 90 valence electrons. The number of hydrogen-bond donors (Lipinski definition) is 0. The van der Waals surface area contributed by atoms with Crippen LogP contribution in [0, 0.1) is 38.0 Å². The van der Waals surface area contributed by atoms with E-state index in [4.69, 9.17) is 0 Å². The van der Waals surface area contributed by atoms with E-state index in [1.54, 1.807) is 0 Å². The summed E-state index contributed by atoms with van der Waals surface area (Å²) in [7, 11) is 0. The molecule has 17 heavy (non-hydrogen) atoms. The molecule has 1 heteroatoms. The summed E-state index contributed by atoms with van der Waals surface area (Å²) in [6.45, 7) is 6.42. The summed E-state index contributed by atoms with van der Waals surface area (Å²) in [5, 5.41) is 9.51. The van der Waals surface area contributed by atoms with Crippen LogP contribution >= 0.6 is 0 Å². The van der Waals surface area contributed by atoms with Crippen molar-refractivity contribution in [3.8, 4) is 6.07 Å². The standard InChI is InChI=1S/C16H21N/c1-11-8-12(2)16(13(3)9-11)15(10-17)14-6-4-5-7-14/h8-9,14-15H,4-7H2,1-3H3/t15-/m0/s1. The molecule has 0 amide bonds. The number of rotatable bonds is 2. The summed E-state index contributed by atoms with van der Waals surface area (Å²) in [5.74, 6) is 0.693. The van der Waals surface area contributed by atoms with Gasteiger partial charge in [0.05, 0.1) is 12.0 Å². The molecule has 0 spiro atoms. The Hall–Kier alpha value is -1.29. The van der Waals surface area contributed by atoms with E-state index in [0.29, 0.717) is 5.92 Å². The zero-order valence-corrected chi connectivity index (χ0v) is 11.1. The first-order chi connectivity index (χ1) is 8.13. The summed E-state index contributed by atoms with van der Waals surface area (Å²) in [5.41, 5.74) is 5.18. The minimum atomic E-state index is 0.109. The second-order valence-electron chi connectivity index (χ2n) is 5.46.